The minimum absolute atomic E-state index is 0.0217. The molecular weight excluding hydrogens is 242 g/mol. The largest absolute Gasteiger partial charge is 0.344 e. The number of hydrogen-bond acceptors (Lipinski definition) is 3. The highest BCUT2D eigenvalue weighted by Crippen LogP contribution is 2.30. The van der Waals surface area contributed by atoms with Gasteiger partial charge in [-0.2, -0.15) is 0 Å². The zero-order chi connectivity index (χ0) is 13.2. The van der Waals surface area contributed by atoms with Crippen LogP contribution >= 0.6 is 0 Å². The maximum atomic E-state index is 12.5. The smallest absolute Gasteiger partial charge is 0.245 e. The lowest BCUT2D eigenvalue weighted by molar-refractivity contribution is -0.135. The molecule has 106 valence electrons. The third-order valence-electron chi connectivity index (χ3n) is 4.42. The van der Waals surface area contributed by atoms with E-state index in [1.807, 2.05) is 4.90 Å². The van der Waals surface area contributed by atoms with Crippen molar-refractivity contribution in [1.29, 1.82) is 0 Å². The second-order valence-corrected chi connectivity index (χ2v) is 6.09. The van der Waals surface area contributed by atoms with Crippen LogP contribution in [0.15, 0.2) is 0 Å². The van der Waals surface area contributed by atoms with Crippen LogP contribution in [0.5, 0.6) is 0 Å². The van der Waals surface area contributed by atoms with Gasteiger partial charge in [0.25, 0.3) is 0 Å². The molecule has 0 bridgehead atoms. The molecule has 2 atom stereocenters. The Balaban J connectivity index is 1.60. The standard InChI is InChI=1S/C14H23N3O2/c18-13-6-5-12(16-13)14(19)17(11-3-4-11)9-10-2-1-7-15-8-10/h10-12,15H,1-9H2,(H,16,18). The lowest BCUT2D eigenvalue weighted by atomic mass is 9.98. The van der Waals surface area contributed by atoms with Crippen LogP contribution in [0, 0.1) is 5.92 Å². The van der Waals surface area contributed by atoms with E-state index in [9.17, 15) is 9.59 Å². The summed E-state index contributed by atoms with van der Waals surface area (Å²) in [5, 5.41) is 6.22. The van der Waals surface area contributed by atoms with Crippen molar-refractivity contribution in [2.24, 2.45) is 5.92 Å². The highest BCUT2D eigenvalue weighted by atomic mass is 16.2. The highest BCUT2D eigenvalue weighted by Gasteiger charge is 2.39. The van der Waals surface area contributed by atoms with E-state index in [2.05, 4.69) is 10.6 Å². The molecule has 19 heavy (non-hydrogen) atoms. The number of piperidine rings is 1. The molecule has 2 N–H and O–H groups in total. The third-order valence-corrected chi connectivity index (χ3v) is 4.42. The number of amides is 2. The van der Waals surface area contributed by atoms with Gasteiger partial charge in [0.1, 0.15) is 6.04 Å². The lowest BCUT2D eigenvalue weighted by Gasteiger charge is -2.31. The van der Waals surface area contributed by atoms with Crippen molar-refractivity contribution in [3.05, 3.63) is 0 Å². The zero-order valence-electron chi connectivity index (χ0n) is 11.4. The summed E-state index contributed by atoms with van der Waals surface area (Å²) in [6.45, 7) is 2.99. The summed E-state index contributed by atoms with van der Waals surface area (Å²) < 4.78 is 0. The first-order valence-corrected chi connectivity index (χ1v) is 7.54. The molecule has 2 amide bonds. The van der Waals surface area contributed by atoms with E-state index in [0.29, 0.717) is 24.8 Å². The molecule has 5 nitrogen and oxygen atoms in total. The molecule has 2 aliphatic heterocycles. The Morgan fingerprint density at radius 2 is 2.11 bits per heavy atom. The summed E-state index contributed by atoms with van der Waals surface area (Å²) in [6, 6.07) is 0.177. The molecule has 0 aromatic heterocycles. The molecule has 1 aliphatic carbocycles. The fourth-order valence-corrected chi connectivity index (χ4v) is 3.16. The molecule has 0 aromatic carbocycles. The summed E-state index contributed by atoms with van der Waals surface area (Å²) in [6.07, 6.45) is 5.85. The average molecular weight is 265 g/mol. The van der Waals surface area contributed by atoms with Crippen LogP contribution in [0.3, 0.4) is 0 Å². The number of nitrogens with one attached hydrogen (secondary N) is 2. The normalized spacial score (nSPS) is 31.1. The van der Waals surface area contributed by atoms with Crippen molar-refractivity contribution in [1.82, 2.24) is 15.5 Å². The van der Waals surface area contributed by atoms with Gasteiger partial charge in [-0.3, -0.25) is 9.59 Å². The number of hydrogen-bond donors (Lipinski definition) is 2. The number of carbonyl (C=O) groups is 2. The second kappa shape index (κ2) is 5.49. The second-order valence-electron chi connectivity index (χ2n) is 6.09. The van der Waals surface area contributed by atoms with Gasteiger partial charge in [-0.25, -0.2) is 0 Å². The Labute approximate surface area is 114 Å². The van der Waals surface area contributed by atoms with Crippen molar-refractivity contribution < 1.29 is 9.59 Å². The molecule has 3 fully saturated rings. The molecule has 2 saturated heterocycles. The molecule has 3 aliphatic rings. The van der Waals surface area contributed by atoms with E-state index in [0.717, 1.165) is 32.5 Å². The van der Waals surface area contributed by atoms with E-state index >= 15 is 0 Å². The van der Waals surface area contributed by atoms with E-state index in [1.54, 1.807) is 0 Å². The van der Waals surface area contributed by atoms with Crippen LogP contribution in [0.2, 0.25) is 0 Å². The van der Waals surface area contributed by atoms with Gasteiger partial charge in [0.15, 0.2) is 0 Å². The molecular formula is C14H23N3O2. The maximum Gasteiger partial charge on any atom is 0.245 e. The Kier molecular flexibility index (Phi) is 3.73. The first-order valence-electron chi connectivity index (χ1n) is 7.54. The van der Waals surface area contributed by atoms with Crippen LogP contribution in [-0.2, 0) is 9.59 Å². The Hall–Kier alpha value is -1.10. The van der Waals surface area contributed by atoms with E-state index in [-0.39, 0.29) is 17.9 Å². The summed E-state index contributed by atoms with van der Waals surface area (Å²) in [5.41, 5.74) is 0. The fourth-order valence-electron chi connectivity index (χ4n) is 3.16. The van der Waals surface area contributed by atoms with Crippen LogP contribution in [-0.4, -0.2) is 48.4 Å². The quantitative estimate of drug-likeness (QED) is 0.766. The van der Waals surface area contributed by atoms with Crippen molar-refractivity contribution >= 4 is 11.8 Å². The Morgan fingerprint density at radius 1 is 1.26 bits per heavy atom. The minimum atomic E-state index is -0.260. The molecule has 0 radical (unpaired) electrons. The van der Waals surface area contributed by atoms with Crippen LogP contribution in [0.1, 0.15) is 38.5 Å². The topological polar surface area (TPSA) is 61.4 Å². The van der Waals surface area contributed by atoms with Crippen molar-refractivity contribution in [3.8, 4) is 0 Å². The lowest BCUT2D eigenvalue weighted by Crippen LogP contribution is -2.48. The number of nitrogens with zero attached hydrogens (tertiary/aromatic N) is 1. The fraction of sp³-hybridized carbons (Fsp3) is 0.857. The first-order chi connectivity index (χ1) is 9.24. The van der Waals surface area contributed by atoms with Gasteiger partial charge < -0.3 is 15.5 Å². The monoisotopic (exact) mass is 265 g/mol. The molecule has 2 unspecified atom stereocenters. The van der Waals surface area contributed by atoms with E-state index in [4.69, 9.17) is 0 Å². The zero-order valence-corrected chi connectivity index (χ0v) is 11.4. The molecule has 0 spiro atoms. The third kappa shape index (κ3) is 3.08. The van der Waals surface area contributed by atoms with Crippen molar-refractivity contribution in [3.63, 3.8) is 0 Å². The van der Waals surface area contributed by atoms with Crippen molar-refractivity contribution in [2.45, 2.75) is 50.6 Å². The highest BCUT2D eigenvalue weighted by molar-refractivity contribution is 5.91. The summed E-state index contributed by atoms with van der Waals surface area (Å²) in [5.74, 6) is 0.753. The van der Waals surface area contributed by atoms with Gasteiger partial charge in [-0.1, -0.05) is 0 Å². The Bertz CT molecular complexity index is 362. The molecule has 2 heterocycles. The molecule has 3 rings (SSSR count). The van der Waals surface area contributed by atoms with E-state index in [1.165, 1.54) is 12.8 Å². The maximum absolute atomic E-state index is 12.5. The predicted molar refractivity (Wildman–Crippen MR) is 71.5 cm³/mol. The molecule has 1 saturated carbocycles. The van der Waals surface area contributed by atoms with Gasteiger partial charge in [0.05, 0.1) is 0 Å². The van der Waals surface area contributed by atoms with Crippen LogP contribution in [0.25, 0.3) is 0 Å². The van der Waals surface area contributed by atoms with Gasteiger partial charge in [-0.05, 0) is 51.1 Å². The van der Waals surface area contributed by atoms with Crippen LogP contribution in [0.4, 0.5) is 0 Å². The number of rotatable bonds is 4. The summed E-state index contributed by atoms with van der Waals surface area (Å²) >= 11 is 0. The van der Waals surface area contributed by atoms with Gasteiger partial charge in [-0.15, -0.1) is 0 Å². The molecule has 5 heteroatoms. The van der Waals surface area contributed by atoms with Gasteiger partial charge >= 0.3 is 0 Å². The Morgan fingerprint density at radius 3 is 2.68 bits per heavy atom. The van der Waals surface area contributed by atoms with Crippen molar-refractivity contribution in [2.75, 3.05) is 19.6 Å². The van der Waals surface area contributed by atoms with Crippen LogP contribution < -0.4 is 10.6 Å². The minimum Gasteiger partial charge on any atom is -0.344 e. The molecule has 0 aromatic rings. The average Bonchev–Trinajstić information content (AvgIpc) is 3.18. The predicted octanol–water partition coefficient (Wildman–Crippen LogP) is 0.256. The SMILES string of the molecule is O=C1CCC(C(=O)N(CC2CCCNC2)C2CC2)N1. The van der Waals surface area contributed by atoms with Gasteiger partial charge in [0.2, 0.25) is 11.8 Å². The summed E-state index contributed by atoms with van der Waals surface area (Å²) in [7, 11) is 0. The number of carbonyl (C=O) groups excluding carboxylic acids is 2. The summed E-state index contributed by atoms with van der Waals surface area (Å²) in [4.78, 5) is 25.9. The first kappa shape index (κ1) is 12.9. The van der Waals surface area contributed by atoms with E-state index < -0.39 is 0 Å². The van der Waals surface area contributed by atoms with Gasteiger partial charge in [0, 0.05) is 19.0 Å².